The number of rotatable bonds is 8. The van der Waals surface area contributed by atoms with E-state index in [9.17, 15) is 35.2 Å². The molecule has 2 fully saturated rings. The summed E-state index contributed by atoms with van der Waals surface area (Å²) in [7, 11) is -2.75. The second kappa shape index (κ2) is 11.8. The van der Waals surface area contributed by atoms with Crippen molar-refractivity contribution in [2.75, 3.05) is 20.1 Å². The summed E-state index contributed by atoms with van der Waals surface area (Å²) in [6, 6.07) is 2.68. The number of nitrogens with one attached hydrogen (secondary N) is 1. The van der Waals surface area contributed by atoms with Gasteiger partial charge in [0.2, 0.25) is 15.9 Å². The molecule has 0 unspecified atom stereocenters. The number of carbonyl (C=O) groups is 1. The number of sulfonamides is 1. The molecule has 13 heteroatoms. The fourth-order valence-electron chi connectivity index (χ4n) is 4.70. The number of nitrogens with zero attached hydrogens (tertiary/aromatic N) is 3. The molecule has 1 saturated heterocycles. The van der Waals surface area contributed by atoms with Crippen LogP contribution in [0.15, 0.2) is 50.9 Å². The lowest BCUT2D eigenvalue weighted by atomic mass is 9.79. The van der Waals surface area contributed by atoms with Gasteiger partial charge in [0.15, 0.2) is 0 Å². The quantitative estimate of drug-likeness (QED) is 0.392. The molecule has 1 heterocycles. The molecule has 7 nitrogen and oxygen atoms in total. The highest BCUT2D eigenvalue weighted by Crippen LogP contribution is 2.40. The van der Waals surface area contributed by atoms with Crippen LogP contribution in [-0.2, 0) is 14.8 Å². The maximum Gasteiger partial charge on any atom is 0.391 e. The van der Waals surface area contributed by atoms with Crippen LogP contribution in [0.3, 0.4) is 0 Å². The fourth-order valence-corrected chi connectivity index (χ4v) is 6.33. The van der Waals surface area contributed by atoms with Gasteiger partial charge in [-0.3, -0.25) is 14.8 Å². The average molecular weight is 549 g/mol. The summed E-state index contributed by atoms with van der Waals surface area (Å²) in [4.78, 5) is 20.6. The Balaban J connectivity index is 1.67. The summed E-state index contributed by atoms with van der Waals surface area (Å²) in [5.41, 5.74) is 0.803. The number of allylic oxidation sites excluding steroid dienone is 1. The van der Waals surface area contributed by atoms with Gasteiger partial charge in [-0.1, -0.05) is 0 Å². The van der Waals surface area contributed by atoms with Crippen LogP contribution in [-0.4, -0.2) is 69.6 Å². The Kier molecular flexibility index (Phi) is 9.22. The van der Waals surface area contributed by atoms with E-state index in [0.29, 0.717) is 18.6 Å². The molecule has 0 aromatic heterocycles. The Labute approximate surface area is 212 Å². The fraction of sp³-hybridized carbons (Fsp3) is 0.542. The first kappa shape index (κ1) is 28.9. The highest BCUT2D eigenvalue weighted by Gasteiger charge is 2.44. The Morgan fingerprint density at radius 3 is 2.35 bits per heavy atom. The van der Waals surface area contributed by atoms with E-state index in [0.717, 1.165) is 28.6 Å². The van der Waals surface area contributed by atoms with Gasteiger partial charge in [-0.05, 0) is 62.7 Å². The Morgan fingerprint density at radius 2 is 1.81 bits per heavy atom. The molecule has 0 bridgehead atoms. The van der Waals surface area contributed by atoms with Gasteiger partial charge in [0, 0.05) is 31.6 Å². The van der Waals surface area contributed by atoms with Gasteiger partial charge in [-0.25, -0.2) is 17.2 Å². The predicted octanol–water partition coefficient (Wildman–Crippen LogP) is 4.07. The summed E-state index contributed by atoms with van der Waals surface area (Å²) in [6.45, 7) is 2.77. The van der Waals surface area contributed by atoms with Crippen molar-refractivity contribution >= 4 is 28.4 Å². The molecule has 204 valence electrons. The van der Waals surface area contributed by atoms with E-state index in [-0.39, 0.29) is 42.3 Å². The van der Waals surface area contributed by atoms with Crippen molar-refractivity contribution in [3.05, 3.63) is 41.9 Å². The number of amides is 1. The van der Waals surface area contributed by atoms with Crippen LogP contribution in [0.25, 0.3) is 0 Å². The number of alkyl halides is 4. The first-order valence-electron chi connectivity index (χ1n) is 11.8. The van der Waals surface area contributed by atoms with Gasteiger partial charge >= 0.3 is 6.18 Å². The minimum atomic E-state index is -4.26. The van der Waals surface area contributed by atoms with Gasteiger partial charge in [0.05, 0.1) is 23.1 Å². The van der Waals surface area contributed by atoms with Crippen LogP contribution in [0.1, 0.15) is 32.1 Å². The van der Waals surface area contributed by atoms with Crippen molar-refractivity contribution in [1.29, 1.82) is 0 Å². The molecule has 1 amide bonds. The predicted molar refractivity (Wildman–Crippen MR) is 129 cm³/mol. The zero-order valence-corrected chi connectivity index (χ0v) is 21.0. The van der Waals surface area contributed by atoms with Gasteiger partial charge in [0.25, 0.3) is 0 Å². The van der Waals surface area contributed by atoms with E-state index in [1.165, 1.54) is 7.05 Å². The van der Waals surface area contributed by atoms with Gasteiger partial charge < -0.3 is 5.32 Å². The SMILES string of the molecule is C=N/C(=C\C(=NC)C1CCC(C(F)(F)F)CC1)CNC(=O)[C@@H]1C[C@@H](F)CN1S(=O)(=O)c1ccc(F)cc1. The monoisotopic (exact) mass is 548 g/mol. The first-order chi connectivity index (χ1) is 17.4. The standard InChI is InChI=1S/C24H29F5N4O3S/c1-30-19(12-21(31-2)15-3-5-16(6-4-15)24(27,28)29)13-32-23(34)22-11-18(26)14-33(22)37(35,36)20-9-7-17(25)8-10-20/h7-10,12,15-16,18,22H,1,3-6,11,13-14H2,2H3,(H,32,34)/b19-12-,31-21?/t15?,16?,18-,22+/m1/s1. The van der Waals surface area contributed by atoms with Gasteiger partial charge in [-0.2, -0.15) is 17.5 Å². The van der Waals surface area contributed by atoms with Crippen LogP contribution in [0.4, 0.5) is 22.0 Å². The number of carbonyl (C=O) groups excluding carboxylic acids is 1. The zero-order chi connectivity index (χ0) is 27.4. The molecule has 1 aromatic carbocycles. The molecule has 3 rings (SSSR count). The second-order valence-corrected chi connectivity index (χ2v) is 11.0. The molecule has 37 heavy (non-hydrogen) atoms. The van der Waals surface area contributed by atoms with Gasteiger partial charge in [-0.15, -0.1) is 0 Å². The Bertz CT molecular complexity index is 1140. The number of aliphatic imine (C=N–C) groups is 2. The number of halogens is 5. The van der Waals surface area contributed by atoms with Crippen LogP contribution >= 0.6 is 0 Å². The molecule has 0 spiro atoms. The van der Waals surface area contributed by atoms with Crippen molar-refractivity contribution in [2.45, 2.75) is 55.4 Å². The Hall–Kier alpha value is -2.67. The van der Waals surface area contributed by atoms with Crippen LogP contribution in [0.5, 0.6) is 0 Å². The summed E-state index contributed by atoms with van der Waals surface area (Å²) in [6.07, 6.45) is -3.98. The summed E-state index contributed by atoms with van der Waals surface area (Å²) in [5.74, 6) is -2.92. The molecule has 2 aliphatic rings. The maximum absolute atomic E-state index is 14.2. The summed E-state index contributed by atoms with van der Waals surface area (Å²) in [5, 5.41) is 2.54. The van der Waals surface area contributed by atoms with Crippen molar-refractivity contribution in [3.63, 3.8) is 0 Å². The lowest BCUT2D eigenvalue weighted by Gasteiger charge is -2.30. The Morgan fingerprint density at radius 1 is 1.19 bits per heavy atom. The molecule has 0 radical (unpaired) electrons. The second-order valence-electron chi connectivity index (χ2n) is 9.13. The molecule has 1 aromatic rings. The highest BCUT2D eigenvalue weighted by molar-refractivity contribution is 7.89. The van der Waals surface area contributed by atoms with E-state index < -0.39 is 52.6 Å². The summed E-state index contributed by atoms with van der Waals surface area (Å²) >= 11 is 0. The number of hydrogen-bond acceptors (Lipinski definition) is 5. The molecular formula is C24H29F5N4O3S. The topological polar surface area (TPSA) is 91.2 Å². The third-order valence-corrected chi connectivity index (χ3v) is 8.64. The molecular weight excluding hydrogens is 519 g/mol. The third kappa shape index (κ3) is 7.01. The minimum absolute atomic E-state index is 0.000937. The summed E-state index contributed by atoms with van der Waals surface area (Å²) < 4.78 is 93.1. The molecule has 2 atom stereocenters. The zero-order valence-electron chi connectivity index (χ0n) is 20.2. The van der Waals surface area contributed by atoms with Crippen LogP contribution < -0.4 is 5.32 Å². The minimum Gasteiger partial charge on any atom is -0.349 e. The maximum atomic E-state index is 14.2. The average Bonchev–Trinajstić information content (AvgIpc) is 3.26. The van der Waals surface area contributed by atoms with E-state index in [4.69, 9.17) is 0 Å². The van der Waals surface area contributed by atoms with E-state index in [1.54, 1.807) is 6.08 Å². The smallest absolute Gasteiger partial charge is 0.349 e. The van der Waals surface area contributed by atoms with Crippen molar-refractivity contribution < 1.29 is 35.2 Å². The van der Waals surface area contributed by atoms with E-state index >= 15 is 0 Å². The number of hydrogen-bond donors (Lipinski definition) is 1. The molecule has 1 N–H and O–H groups in total. The molecule has 1 aliphatic heterocycles. The van der Waals surface area contributed by atoms with Gasteiger partial charge in [0.1, 0.15) is 18.0 Å². The van der Waals surface area contributed by atoms with Crippen molar-refractivity contribution in [1.82, 2.24) is 9.62 Å². The third-order valence-electron chi connectivity index (χ3n) is 6.76. The lowest BCUT2D eigenvalue weighted by Crippen LogP contribution is -2.46. The van der Waals surface area contributed by atoms with Crippen LogP contribution in [0, 0.1) is 17.7 Å². The normalized spacial score (nSPS) is 26.2. The molecule has 1 aliphatic carbocycles. The van der Waals surface area contributed by atoms with E-state index in [1.807, 2.05) is 0 Å². The van der Waals surface area contributed by atoms with E-state index in [2.05, 4.69) is 22.0 Å². The number of benzene rings is 1. The lowest BCUT2D eigenvalue weighted by molar-refractivity contribution is -0.182. The van der Waals surface area contributed by atoms with Crippen molar-refractivity contribution in [3.8, 4) is 0 Å². The largest absolute Gasteiger partial charge is 0.391 e. The van der Waals surface area contributed by atoms with Crippen LogP contribution in [0.2, 0.25) is 0 Å². The molecule has 1 saturated carbocycles. The van der Waals surface area contributed by atoms with Crippen molar-refractivity contribution in [2.24, 2.45) is 21.8 Å². The first-order valence-corrected chi connectivity index (χ1v) is 13.2. The highest BCUT2D eigenvalue weighted by atomic mass is 32.2.